The average Bonchev–Trinajstić information content (AvgIpc) is 3.47. The third-order valence-corrected chi connectivity index (χ3v) is 5.97. The Morgan fingerprint density at radius 3 is 2.59 bits per heavy atom. The lowest BCUT2D eigenvalue weighted by Crippen LogP contribution is -2.21. The lowest BCUT2D eigenvalue weighted by molar-refractivity contribution is 0.0949. The van der Waals surface area contributed by atoms with Crippen molar-refractivity contribution in [2.24, 2.45) is 5.10 Å². The Balaban J connectivity index is 1.58. The van der Waals surface area contributed by atoms with Crippen LogP contribution in [0.1, 0.15) is 28.7 Å². The summed E-state index contributed by atoms with van der Waals surface area (Å²) in [5.74, 6) is 0.659. The molecule has 0 radical (unpaired) electrons. The zero-order valence-corrected chi connectivity index (χ0v) is 19.7. The Labute approximate surface area is 203 Å². The maximum Gasteiger partial charge on any atom is 0.293 e. The highest BCUT2D eigenvalue weighted by Gasteiger charge is 2.24. The van der Waals surface area contributed by atoms with Gasteiger partial charge in [0.05, 0.1) is 18.5 Å². The van der Waals surface area contributed by atoms with E-state index in [9.17, 15) is 4.79 Å². The van der Waals surface area contributed by atoms with Crippen molar-refractivity contribution in [2.45, 2.75) is 17.6 Å². The van der Waals surface area contributed by atoms with Crippen LogP contribution in [0, 0.1) is 0 Å². The van der Waals surface area contributed by atoms with Gasteiger partial charge in [-0.1, -0.05) is 16.8 Å². The SMILES string of the molecule is COc1ccc(/C(C)=N/NC(=O)c2nnn(-c3nonc3N)c2CSc2ccc(Cl)cc2)cc1. The van der Waals surface area contributed by atoms with Gasteiger partial charge in [-0.05, 0) is 71.3 Å². The smallest absolute Gasteiger partial charge is 0.293 e. The van der Waals surface area contributed by atoms with Crippen molar-refractivity contribution in [1.82, 2.24) is 30.7 Å². The van der Waals surface area contributed by atoms with Crippen molar-refractivity contribution in [3.63, 3.8) is 0 Å². The maximum atomic E-state index is 13.0. The molecule has 174 valence electrons. The molecule has 1 amide bonds. The number of hydrogen-bond donors (Lipinski definition) is 2. The lowest BCUT2D eigenvalue weighted by atomic mass is 10.1. The number of methoxy groups -OCH3 is 1. The highest BCUT2D eigenvalue weighted by atomic mass is 35.5. The fourth-order valence-electron chi connectivity index (χ4n) is 2.88. The third kappa shape index (κ3) is 5.18. The van der Waals surface area contributed by atoms with E-state index in [4.69, 9.17) is 22.1 Å². The monoisotopic (exact) mass is 498 g/mol. The van der Waals surface area contributed by atoms with E-state index in [-0.39, 0.29) is 17.3 Å². The highest BCUT2D eigenvalue weighted by molar-refractivity contribution is 7.98. The van der Waals surface area contributed by atoms with E-state index in [2.05, 4.69) is 35.8 Å². The van der Waals surface area contributed by atoms with Gasteiger partial charge in [-0.2, -0.15) is 9.78 Å². The lowest BCUT2D eigenvalue weighted by Gasteiger charge is -2.07. The molecule has 0 saturated carbocycles. The van der Waals surface area contributed by atoms with Gasteiger partial charge in [0.15, 0.2) is 5.69 Å². The Bertz CT molecular complexity index is 1320. The largest absolute Gasteiger partial charge is 0.497 e. The van der Waals surface area contributed by atoms with Crippen LogP contribution in [0.4, 0.5) is 5.82 Å². The maximum absolute atomic E-state index is 13.0. The molecule has 0 saturated heterocycles. The molecule has 13 heteroatoms. The summed E-state index contributed by atoms with van der Waals surface area (Å²) < 4.78 is 11.2. The first kappa shape index (κ1) is 23.3. The van der Waals surface area contributed by atoms with Gasteiger partial charge in [-0.3, -0.25) is 4.79 Å². The molecule has 0 aliphatic heterocycles. The van der Waals surface area contributed by atoms with E-state index >= 15 is 0 Å². The molecule has 4 rings (SSSR count). The molecule has 0 fully saturated rings. The van der Waals surface area contributed by atoms with Gasteiger partial charge >= 0.3 is 0 Å². The van der Waals surface area contributed by atoms with E-state index < -0.39 is 5.91 Å². The minimum absolute atomic E-state index is 0.0166. The number of amides is 1. The van der Waals surface area contributed by atoms with Crippen molar-refractivity contribution in [3.8, 4) is 11.6 Å². The average molecular weight is 499 g/mol. The molecule has 3 N–H and O–H groups in total. The Kier molecular flexibility index (Phi) is 7.09. The minimum Gasteiger partial charge on any atom is -0.497 e. The molecule has 2 aromatic carbocycles. The first-order valence-electron chi connectivity index (χ1n) is 9.86. The predicted octanol–water partition coefficient (Wildman–Crippen LogP) is 3.34. The zero-order valence-electron chi connectivity index (χ0n) is 18.1. The van der Waals surface area contributed by atoms with Gasteiger partial charge in [0.2, 0.25) is 11.6 Å². The summed E-state index contributed by atoms with van der Waals surface area (Å²) in [4.78, 5) is 13.9. The van der Waals surface area contributed by atoms with Gasteiger partial charge in [-0.25, -0.2) is 10.1 Å². The number of nitrogen functional groups attached to an aromatic ring is 1. The van der Waals surface area contributed by atoms with Gasteiger partial charge in [0.25, 0.3) is 5.91 Å². The summed E-state index contributed by atoms with van der Waals surface area (Å²) in [6.45, 7) is 1.78. The van der Waals surface area contributed by atoms with Crippen LogP contribution in [0.5, 0.6) is 5.75 Å². The summed E-state index contributed by atoms with van der Waals surface area (Å²) in [5, 5.41) is 20.2. The molecule has 0 aliphatic rings. The van der Waals surface area contributed by atoms with Crippen molar-refractivity contribution in [2.75, 3.05) is 12.8 Å². The topological polar surface area (TPSA) is 146 Å². The molecule has 0 spiro atoms. The van der Waals surface area contributed by atoms with Crippen molar-refractivity contribution in [3.05, 3.63) is 70.5 Å². The molecule has 2 aromatic heterocycles. The van der Waals surface area contributed by atoms with Crippen LogP contribution in [-0.4, -0.2) is 44.0 Å². The molecule has 0 bridgehead atoms. The van der Waals surface area contributed by atoms with E-state index in [0.29, 0.717) is 22.2 Å². The Hall–Kier alpha value is -3.90. The number of anilines is 1. The number of ether oxygens (including phenoxy) is 1. The number of hydrazone groups is 1. The number of nitrogens with one attached hydrogen (secondary N) is 1. The Morgan fingerprint density at radius 2 is 1.94 bits per heavy atom. The summed E-state index contributed by atoms with van der Waals surface area (Å²) in [5.41, 5.74) is 10.3. The number of thioether (sulfide) groups is 1. The summed E-state index contributed by atoms with van der Waals surface area (Å²) in [7, 11) is 1.59. The molecule has 0 unspecified atom stereocenters. The van der Waals surface area contributed by atoms with Gasteiger partial charge in [0.1, 0.15) is 5.75 Å². The van der Waals surface area contributed by atoms with Crippen molar-refractivity contribution >= 4 is 40.8 Å². The second-order valence-corrected chi connectivity index (χ2v) is 8.36. The fraction of sp³-hybridized carbons (Fsp3) is 0.143. The van der Waals surface area contributed by atoms with E-state index in [1.165, 1.54) is 16.4 Å². The number of carbonyl (C=O) groups is 1. The van der Waals surface area contributed by atoms with Crippen LogP contribution in [0.25, 0.3) is 5.82 Å². The molecule has 11 nitrogen and oxygen atoms in total. The quantitative estimate of drug-likeness (QED) is 0.212. The molecule has 2 heterocycles. The fourth-order valence-corrected chi connectivity index (χ4v) is 3.90. The zero-order chi connectivity index (χ0) is 24.1. The Morgan fingerprint density at radius 1 is 1.21 bits per heavy atom. The minimum atomic E-state index is -0.541. The molecule has 0 aliphatic carbocycles. The second-order valence-electron chi connectivity index (χ2n) is 6.88. The normalized spacial score (nSPS) is 11.4. The van der Waals surface area contributed by atoms with Crippen molar-refractivity contribution < 1.29 is 14.2 Å². The van der Waals surface area contributed by atoms with Crippen LogP contribution in [0.3, 0.4) is 0 Å². The third-order valence-electron chi connectivity index (χ3n) is 4.70. The van der Waals surface area contributed by atoms with Crippen molar-refractivity contribution in [1.29, 1.82) is 0 Å². The number of nitrogens with zero attached hydrogens (tertiary/aromatic N) is 6. The second kappa shape index (κ2) is 10.4. The van der Waals surface area contributed by atoms with Crippen LogP contribution < -0.4 is 15.9 Å². The molecular weight excluding hydrogens is 480 g/mol. The molecular formula is C21H19ClN8O3S. The number of nitrogens with two attached hydrogens (primary N) is 1. The van der Waals surface area contributed by atoms with Gasteiger partial charge < -0.3 is 10.5 Å². The predicted molar refractivity (Wildman–Crippen MR) is 127 cm³/mol. The first-order chi connectivity index (χ1) is 16.5. The highest BCUT2D eigenvalue weighted by Crippen LogP contribution is 2.27. The number of benzene rings is 2. The molecule has 0 atom stereocenters. The van der Waals surface area contributed by atoms with Crippen LogP contribution >= 0.6 is 23.4 Å². The standard InChI is InChI=1S/C21H19ClN8O3S/c1-12(13-3-7-15(32-2)8-4-13)24-26-21(31)18-17(11-34-16-9-5-14(22)6-10-16)30(29-25-18)20-19(23)27-33-28-20/h3-10H,11H2,1-2H3,(H2,23,27)(H,26,31)/b24-12+. The van der Waals surface area contributed by atoms with Crippen LogP contribution in [0.15, 0.2) is 63.2 Å². The van der Waals surface area contributed by atoms with Crippen LogP contribution in [0.2, 0.25) is 5.02 Å². The van der Waals surface area contributed by atoms with Crippen LogP contribution in [-0.2, 0) is 5.75 Å². The number of rotatable bonds is 8. The number of hydrogen-bond acceptors (Lipinski definition) is 10. The summed E-state index contributed by atoms with van der Waals surface area (Å²) in [6.07, 6.45) is 0. The molecule has 34 heavy (non-hydrogen) atoms. The van der Waals surface area contributed by atoms with Gasteiger partial charge in [0, 0.05) is 15.7 Å². The summed E-state index contributed by atoms with van der Waals surface area (Å²) in [6, 6.07) is 14.6. The van der Waals surface area contributed by atoms with E-state index in [0.717, 1.165) is 16.2 Å². The first-order valence-corrected chi connectivity index (χ1v) is 11.2. The summed E-state index contributed by atoms with van der Waals surface area (Å²) >= 11 is 7.42. The number of aromatic nitrogens is 5. The molecule has 4 aromatic rings. The number of halogens is 1. The van der Waals surface area contributed by atoms with Gasteiger partial charge in [-0.15, -0.1) is 16.9 Å². The van der Waals surface area contributed by atoms with E-state index in [1.807, 2.05) is 36.4 Å². The number of carbonyl (C=O) groups excluding carboxylic acids is 1. The van der Waals surface area contributed by atoms with E-state index in [1.54, 1.807) is 26.2 Å².